The van der Waals surface area contributed by atoms with Gasteiger partial charge in [0.25, 0.3) is 5.56 Å². The van der Waals surface area contributed by atoms with Gasteiger partial charge < -0.3 is 4.98 Å². The number of nitriles is 2. The van der Waals surface area contributed by atoms with Crippen LogP contribution < -0.4 is 5.56 Å². The van der Waals surface area contributed by atoms with Crippen LogP contribution in [0.4, 0.5) is 13.2 Å². The summed E-state index contributed by atoms with van der Waals surface area (Å²) in [7, 11) is 0. The average Bonchev–Trinajstić information content (AvgIpc) is 3.42. The van der Waals surface area contributed by atoms with E-state index in [-0.39, 0.29) is 28.7 Å². The first-order chi connectivity index (χ1) is 16.7. The van der Waals surface area contributed by atoms with Crippen molar-refractivity contribution in [3.05, 3.63) is 69.4 Å². The lowest BCUT2D eigenvalue weighted by Crippen LogP contribution is -2.30. The first kappa shape index (κ1) is 22.3. The highest BCUT2D eigenvalue weighted by Gasteiger charge is 2.37. The van der Waals surface area contributed by atoms with E-state index in [0.717, 1.165) is 25.1 Å². The van der Waals surface area contributed by atoms with E-state index in [0.29, 0.717) is 17.0 Å². The van der Waals surface area contributed by atoms with Crippen LogP contribution in [0.15, 0.2) is 35.5 Å². The molecule has 4 heterocycles. The molecule has 3 unspecified atom stereocenters. The third-order valence-corrected chi connectivity index (χ3v) is 6.27. The van der Waals surface area contributed by atoms with Crippen molar-refractivity contribution in [2.24, 2.45) is 0 Å². The highest BCUT2D eigenvalue weighted by Crippen LogP contribution is 2.44. The van der Waals surface area contributed by atoms with Gasteiger partial charge in [0.05, 0.1) is 23.8 Å². The van der Waals surface area contributed by atoms with Gasteiger partial charge in [-0.2, -0.15) is 33.9 Å². The summed E-state index contributed by atoms with van der Waals surface area (Å²) in [6.45, 7) is 1.67. The second-order valence-corrected chi connectivity index (χ2v) is 8.28. The molecule has 35 heavy (non-hydrogen) atoms. The fraction of sp³-hybridized carbons (Fsp3) is 0.318. The quantitative estimate of drug-likeness (QED) is 0.474. The number of pyridine rings is 1. The van der Waals surface area contributed by atoms with Gasteiger partial charge in [0.1, 0.15) is 29.0 Å². The number of hydrogen-bond acceptors (Lipinski definition) is 7. The average molecular weight is 479 g/mol. The molecule has 5 rings (SSSR count). The lowest BCUT2D eigenvalue weighted by molar-refractivity contribution is -0.141. The monoisotopic (exact) mass is 479 g/mol. The van der Waals surface area contributed by atoms with Crippen molar-refractivity contribution in [2.75, 3.05) is 0 Å². The van der Waals surface area contributed by atoms with E-state index >= 15 is 0 Å². The summed E-state index contributed by atoms with van der Waals surface area (Å²) in [5.41, 5.74) is -0.725. The molecule has 0 bridgehead atoms. The van der Waals surface area contributed by atoms with Crippen molar-refractivity contribution < 1.29 is 13.2 Å². The Labute approximate surface area is 195 Å². The zero-order chi connectivity index (χ0) is 24.9. The van der Waals surface area contributed by atoms with Crippen LogP contribution in [0.25, 0.3) is 11.0 Å². The highest BCUT2D eigenvalue weighted by molar-refractivity contribution is 5.80. The fourth-order valence-corrected chi connectivity index (χ4v) is 4.24. The highest BCUT2D eigenvalue weighted by atomic mass is 19.4. The molecule has 13 heteroatoms. The molecule has 0 radical (unpaired) electrons. The Morgan fingerprint density at radius 3 is 2.57 bits per heavy atom. The van der Waals surface area contributed by atoms with Gasteiger partial charge in [-0.25, -0.2) is 9.67 Å². The largest absolute Gasteiger partial charge is 0.433 e. The molecule has 0 amide bonds. The minimum atomic E-state index is -4.57. The van der Waals surface area contributed by atoms with E-state index < -0.39 is 23.5 Å². The number of fused-ring (bicyclic) bond motifs is 1. The van der Waals surface area contributed by atoms with Crippen molar-refractivity contribution in [1.29, 1.82) is 10.5 Å². The van der Waals surface area contributed by atoms with Gasteiger partial charge in [0.2, 0.25) is 0 Å². The van der Waals surface area contributed by atoms with Crippen molar-refractivity contribution in [3.8, 4) is 12.1 Å². The molecule has 0 aromatic carbocycles. The number of aromatic nitrogens is 7. The zero-order valence-corrected chi connectivity index (χ0v) is 18.2. The Morgan fingerprint density at radius 2 is 2.00 bits per heavy atom. The van der Waals surface area contributed by atoms with E-state index in [9.17, 15) is 23.2 Å². The van der Waals surface area contributed by atoms with Gasteiger partial charge in [-0.05, 0) is 31.4 Å². The van der Waals surface area contributed by atoms with Gasteiger partial charge in [-0.3, -0.25) is 14.5 Å². The van der Waals surface area contributed by atoms with Crippen molar-refractivity contribution >= 4 is 11.0 Å². The molecule has 10 nitrogen and oxygen atoms in total. The van der Waals surface area contributed by atoms with Crippen molar-refractivity contribution in [3.63, 3.8) is 0 Å². The number of hydrogen-bond donors (Lipinski definition) is 1. The molecule has 0 aliphatic heterocycles. The summed E-state index contributed by atoms with van der Waals surface area (Å²) in [6, 6.07) is 5.30. The molecule has 0 saturated heterocycles. The van der Waals surface area contributed by atoms with Crippen LogP contribution in [0, 0.1) is 22.7 Å². The van der Waals surface area contributed by atoms with Gasteiger partial charge in [0, 0.05) is 18.3 Å². The molecule has 1 N–H and O–H groups in total. The maximum atomic E-state index is 12.9. The van der Waals surface area contributed by atoms with E-state index in [2.05, 4.69) is 25.1 Å². The van der Waals surface area contributed by atoms with E-state index in [1.165, 1.54) is 16.9 Å². The van der Waals surface area contributed by atoms with E-state index in [4.69, 9.17) is 5.26 Å². The molecule has 176 valence electrons. The van der Waals surface area contributed by atoms with Gasteiger partial charge in [-0.15, -0.1) is 0 Å². The Balaban J connectivity index is 1.56. The maximum absolute atomic E-state index is 12.9. The minimum absolute atomic E-state index is 0.00435. The second kappa shape index (κ2) is 8.06. The maximum Gasteiger partial charge on any atom is 0.433 e. The number of aromatic amines is 1. The van der Waals surface area contributed by atoms with Gasteiger partial charge in [0.15, 0.2) is 11.3 Å². The lowest BCUT2D eigenvalue weighted by Gasteiger charge is -2.35. The molecule has 4 aromatic heterocycles. The summed E-state index contributed by atoms with van der Waals surface area (Å²) >= 11 is 0. The van der Waals surface area contributed by atoms with Crippen molar-refractivity contribution in [2.45, 2.75) is 43.9 Å². The summed E-state index contributed by atoms with van der Waals surface area (Å²) < 4.78 is 41.7. The molecule has 1 saturated carbocycles. The first-order valence-corrected chi connectivity index (χ1v) is 10.6. The summed E-state index contributed by atoms with van der Waals surface area (Å²) in [4.78, 5) is 23.8. The minimum Gasteiger partial charge on any atom is -0.309 e. The van der Waals surface area contributed by atoms with Crippen LogP contribution in [-0.2, 0) is 6.18 Å². The Hall–Kier alpha value is -4.52. The predicted molar refractivity (Wildman–Crippen MR) is 114 cm³/mol. The number of alkyl halides is 3. The SMILES string of the molecule is CC(c1ccc(C(F)(F)F)nc1)n1nc(C#N)c2c(=O)[nH]c(C3CCC3n3cc(C#N)cn3)nc21. The molecule has 0 spiro atoms. The molecular formula is C22H16F3N9O. The predicted octanol–water partition coefficient (Wildman–Crippen LogP) is 3.20. The summed E-state index contributed by atoms with van der Waals surface area (Å²) in [6.07, 6.45) is 1.11. The number of H-pyrrole nitrogens is 1. The summed E-state index contributed by atoms with van der Waals surface area (Å²) in [5, 5.41) is 27.0. The Morgan fingerprint density at radius 1 is 1.20 bits per heavy atom. The zero-order valence-electron chi connectivity index (χ0n) is 18.2. The molecule has 3 atom stereocenters. The first-order valence-electron chi connectivity index (χ1n) is 10.6. The molecule has 1 aliphatic carbocycles. The third-order valence-electron chi connectivity index (χ3n) is 6.27. The van der Waals surface area contributed by atoms with Crippen LogP contribution in [0.1, 0.15) is 66.1 Å². The number of nitrogens with one attached hydrogen (secondary N) is 1. The van der Waals surface area contributed by atoms with Crippen LogP contribution >= 0.6 is 0 Å². The van der Waals surface area contributed by atoms with Crippen LogP contribution in [0.5, 0.6) is 0 Å². The van der Waals surface area contributed by atoms with Crippen LogP contribution in [0.2, 0.25) is 0 Å². The van der Waals surface area contributed by atoms with Gasteiger partial charge >= 0.3 is 6.18 Å². The normalized spacial score (nSPS) is 18.6. The van der Waals surface area contributed by atoms with E-state index in [1.54, 1.807) is 17.8 Å². The summed E-state index contributed by atoms with van der Waals surface area (Å²) in [5.74, 6) is 0.201. The molecule has 1 fully saturated rings. The fourth-order valence-electron chi connectivity index (χ4n) is 4.24. The Kier molecular flexibility index (Phi) is 5.13. The number of halogens is 3. The standard InChI is InChI=1S/C22H16F3N9O/c1-11(13-2-5-17(28-9-13)22(23,24)25)34-20-18(15(7-27)32-34)21(35)31-19(30-20)14-3-4-16(14)33-10-12(6-26)8-29-33/h2,5,8-11,14,16H,3-4H2,1H3,(H,30,31,35). The third kappa shape index (κ3) is 3.71. The molecule has 1 aliphatic rings. The Bertz CT molecular complexity index is 1570. The van der Waals surface area contributed by atoms with Crippen molar-refractivity contribution in [1.82, 2.24) is 34.5 Å². The second-order valence-electron chi connectivity index (χ2n) is 8.28. The number of nitrogens with zero attached hydrogens (tertiary/aromatic N) is 8. The van der Waals surface area contributed by atoms with E-state index in [1.807, 2.05) is 12.1 Å². The smallest absolute Gasteiger partial charge is 0.309 e. The number of rotatable bonds is 4. The van der Waals surface area contributed by atoms with Gasteiger partial charge in [-0.1, -0.05) is 6.07 Å². The molecular weight excluding hydrogens is 463 g/mol. The topological polar surface area (TPSA) is 142 Å². The lowest BCUT2D eigenvalue weighted by atomic mass is 9.79. The van der Waals surface area contributed by atoms with Crippen LogP contribution in [0.3, 0.4) is 0 Å². The van der Waals surface area contributed by atoms with Crippen LogP contribution in [-0.4, -0.2) is 34.5 Å². The molecule has 4 aromatic rings.